The van der Waals surface area contributed by atoms with E-state index >= 15 is 0 Å². The Labute approximate surface area is 71.5 Å². The molecule has 0 bridgehead atoms. The monoisotopic (exact) mass is 173 g/mol. The first kappa shape index (κ1) is 9.44. The van der Waals surface area contributed by atoms with E-state index in [0.29, 0.717) is 0 Å². The Kier molecular flexibility index (Phi) is 3.46. The molecule has 1 saturated heterocycles. The number of piperidine rings is 1. The summed E-state index contributed by atoms with van der Waals surface area (Å²) in [5, 5.41) is 8.27. The van der Waals surface area contributed by atoms with Crippen LogP contribution in [0.1, 0.15) is 12.8 Å². The van der Waals surface area contributed by atoms with Gasteiger partial charge in [0.25, 0.3) is 5.91 Å². The van der Waals surface area contributed by atoms with Crippen LogP contribution in [0.4, 0.5) is 0 Å². The first-order valence-corrected chi connectivity index (χ1v) is 4.13. The minimum absolute atomic E-state index is 0.267. The number of amides is 1. The van der Waals surface area contributed by atoms with Crippen molar-refractivity contribution >= 4 is 5.91 Å². The number of nitrogens with two attached hydrogens (primary N) is 1. The maximum atomic E-state index is 10.7. The maximum absolute atomic E-state index is 10.7. The van der Waals surface area contributed by atoms with Crippen LogP contribution >= 0.6 is 0 Å². The molecule has 4 N–H and O–H groups in total. The van der Waals surface area contributed by atoms with E-state index in [1.165, 1.54) is 0 Å². The predicted octanol–water partition coefficient (Wildman–Crippen LogP) is -1.09. The summed E-state index contributed by atoms with van der Waals surface area (Å²) in [6, 6.07) is 0.276. The summed E-state index contributed by atoms with van der Waals surface area (Å²) >= 11 is 0. The normalized spacial score (nSPS) is 20.8. The van der Waals surface area contributed by atoms with Crippen LogP contribution in [0, 0.1) is 0 Å². The molecule has 70 valence electrons. The van der Waals surface area contributed by atoms with Crippen molar-refractivity contribution in [2.45, 2.75) is 18.9 Å². The molecule has 0 aliphatic carbocycles. The van der Waals surface area contributed by atoms with Crippen molar-refractivity contribution in [1.29, 1.82) is 0 Å². The highest BCUT2D eigenvalue weighted by atomic mass is 16.5. The summed E-state index contributed by atoms with van der Waals surface area (Å²) in [6.45, 7) is 1.95. The molecule has 12 heavy (non-hydrogen) atoms. The van der Waals surface area contributed by atoms with Crippen LogP contribution in [0.3, 0.4) is 0 Å². The van der Waals surface area contributed by atoms with E-state index in [1.54, 1.807) is 5.48 Å². The van der Waals surface area contributed by atoms with Gasteiger partial charge in [0.05, 0.1) is 6.54 Å². The van der Waals surface area contributed by atoms with Crippen LogP contribution in [0.15, 0.2) is 0 Å². The molecule has 1 amide bonds. The zero-order valence-corrected chi connectivity index (χ0v) is 6.99. The lowest BCUT2D eigenvalue weighted by molar-refractivity contribution is -0.130. The molecule has 0 saturated carbocycles. The fourth-order valence-corrected chi connectivity index (χ4v) is 1.35. The molecule has 5 heteroatoms. The zero-order valence-electron chi connectivity index (χ0n) is 6.99. The number of rotatable bonds is 2. The van der Waals surface area contributed by atoms with E-state index in [0.717, 1.165) is 25.9 Å². The Morgan fingerprint density at radius 2 is 2.17 bits per heavy atom. The van der Waals surface area contributed by atoms with Gasteiger partial charge in [0, 0.05) is 19.1 Å². The standard InChI is InChI=1S/C7H15N3O2/c8-6-1-3-10(4-2-6)5-7(11)9-12/h6,12H,1-5,8H2,(H,9,11). The lowest BCUT2D eigenvalue weighted by atomic mass is 10.1. The molecule has 0 unspecified atom stereocenters. The molecular weight excluding hydrogens is 158 g/mol. The van der Waals surface area contributed by atoms with E-state index in [9.17, 15) is 4.79 Å². The topological polar surface area (TPSA) is 78.6 Å². The highest BCUT2D eigenvalue weighted by molar-refractivity contribution is 5.76. The van der Waals surface area contributed by atoms with E-state index in [-0.39, 0.29) is 18.5 Å². The molecule has 0 atom stereocenters. The van der Waals surface area contributed by atoms with Gasteiger partial charge in [-0.15, -0.1) is 0 Å². The third-order valence-electron chi connectivity index (χ3n) is 2.12. The number of carbonyl (C=O) groups is 1. The van der Waals surface area contributed by atoms with E-state index in [4.69, 9.17) is 10.9 Å². The molecule has 5 nitrogen and oxygen atoms in total. The number of nitrogens with zero attached hydrogens (tertiary/aromatic N) is 1. The summed E-state index contributed by atoms with van der Waals surface area (Å²) in [4.78, 5) is 12.7. The van der Waals surface area contributed by atoms with Gasteiger partial charge in [-0.2, -0.15) is 0 Å². The number of likely N-dealkylation sites (tertiary alicyclic amines) is 1. The SMILES string of the molecule is NC1CCN(CC(=O)NO)CC1. The quantitative estimate of drug-likeness (QED) is 0.366. The fourth-order valence-electron chi connectivity index (χ4n) is 1.35. The van der Waals surface area contributed by atoms with Crippen LogP contribution in [0.2, 0.25) is 0 Å². The minimum Gasteiger partial charge on any atom is -0.328 e. The van der Waals surface area contributed by atoms with Crippen LogP contribution in [-0.2, 0) is 4.79 Å². The smallest absolute Gasteiger partial charge is 0.257 e. The van der Waals surface area contributed by atoms with Gasteiger partial charge in [0.15, 0.2) is 0 Å². The third-order valence-corrected chi connectivity index (χ3v) is 2.12. The number of hydrogen-bond acceptors (Lipinski definition) is 4. The Morgan fingerprint density at radius 1 is 1.58 bits per heavy atom. The van der Waals surface area contributed by atoms with Crippen LogP contribution < -0.4 is 11.2 Å². The molecule has 0 spiro atoms. The second kappa shape index (κ2) is 4.39. The van der Waals surface area contributed by atoms with Crippen molar-refractivity contribution in [1.82, 2.24) is 10.4 Å². The Hall–Kier alpha value is -0.650. The molecule has 0 radical (unpaired) electrons. The van der Waals surface area contributed by atoms with Crippen molar-refractivity contribution in [2.75, 3.05) is 19.6 Å². The van der Waals surface area contributed by atoms with Gasteiger partial charge in [0.2, 0.25) is 0 Å². The first-order valence-electron chi connectivity index (χ1n) is 4.13. The van der Waals surface area contributed by atoms with Crippen molar-refractivity contribution in [3.05, 3.63) is 0 Å². The highest BCUT2D eigenvalue weighted by Crippen LogP contribution is 2.06. The Morgan fingerprint density at radius 3 is 2.67 bits per heavy atom. The summed E-state index contributed by atoms with van der Waals surface area (Å²) < 4.78 is 0. The summed E-state index contributed by atoms with van der Waals surface area (Å²) in [7, 11) is 0. The number of hydrogen-bond donors (Lipinski definition) is 3. The van der Waals surface area contributed by atoms with Crippen molar-refractivity contribution < 1.29 is 10.0 Å². The second-order valence-corrected chi connectivity index (χ2v) is 3.15. The van der Waals surface area contributed by atoms with Gasteiger partial charge in [-0.05, 0) is 12.8 Å². The van der Waals surface area contributed by atoms with Crippen LogP contribution in [0.5, 0.6) is 0 Å². The Balaban J connectivity index is 2.21. The largest absolute Gasteiger partial charge is 0.328 e. The first-order chi connectivity index (χ1) is 5.72. The minimum atomic E-state index is -0.356. The molecule has 1 rings (SSSR count). The lowest BCUT2D eigenvalue weighted by Crippen LogP contribution is -2.44. The summed E-state index contributed by atoms with van der Waals surface area (Å²) in [5.41, 5.74) is 7.30. The molecule has 0 aromatic rings. The van der Waals surface area contributed by atoms with Crippen LogP contribution in [0.25, 0.3) is 0 Å². The van der Waals surface area contributed by atoms with E-state index < -0.39 is 0 Å². The number of carbonyl (C=O) groups excluding carboxylic acids is 1. The van der Waals surface area contributed by atoms with Gasteiger partial charge >= 0.3 is 0 Å². The molecule has 1 aliphatic heterocycles. The second-order valence-electron chi connectivity index (χ2n) is 3.15. The van der Waals surface area contributed by atoms with Gasteiger partial charge in [-0.1, -0.05) is 0 Å². The number of nitrogens with one attached hydrogen (secondary N) is 1. The zero-order chi connectivity index (χ0) is 8.97. The molecule has 0 aromatic heterocycles. The molecule has 0 aromatic carbocycles. The van der Waals surface area contributed by atoms with Crippen molar-refractivity contribution in [2.24, 2.45) is 5.73 Å². The average Bonchev–Trinajstić information content (AvgIpc) is 2.09. The van der Waals surface area contributed by atoms with Gasteiger partial charge < -0.3 is 5.73 Å². The van der Waals surface area contributed by atoms with Gasteiger partial charge in [-0.3, -0.25) is 14.9 Å². The average molecular weight is 173 g/mol. The molecule has 1 fully saturated rings. The maximum Gasteiger partial charge on any atom is 0.257 e. The molecule has 1 heterocycles. The Bertz CT molecular complexity index is 155. The molecule has 1 aliphatic rings. The van der Waals surface area contributed by atoms with E-state index in [1.807, 2.05) is 4.90 Å². The summed E-state index contributed by atoms with van der Waals surface area (Å²) in [6.07, 6.45) is 1.86. The third kappa shape index (κ3) is 2.77. The fraction of sp³-hybridized carbons (Fsp3) is 0.857. The van der Waals surface area contributed by atoms with E-state index in [2.05, 4.69) is 0 Å². The summed E-state index contributed by atoms with van der Waals surface area (Å²) in [5.74, 6) is -0.356. The van der Waals surface area contributed by atoms with Crippen LogP contribution in [-0.4, -0.2) is 41.7 Å². The highest BCUT2D eigenvalue weighted by Gasteiger charge is 2.17. The van der Waals surface area contributed by atoms with Crippen molar-refractivity contribution in [3.8, 4) is 0 Å². The predicted molar refractivity (Wildman–Crippen MR) is 43.6 cm³/mol. The van der Waals surface area contributed by atoms with Gasteiger partial charge in [-0.25, -0.2) is 5.48 Å². The van der Waals surface area contributed by atoms with Crippen molar-refractivity contribution in [3.63, 3.8) is 0 Å². The lowest BCUT2D eigenvalue weighted by Gasteiger charge is -2.28. The van der Waals surface area contributed by atoms with Gasteiger partial charge in [0.1, 0.15) is 0 Å². The molecular formula is C7H15N3O2. The number of hydroxylamine groups is 1.